The minimum Gasteiger partial charge on any atom is -0.462 e. The Morgan fingerprint density at radius 2 is 1.75 bits per heavy atom. The zero-order valence-corrected chi connectivity index (χ0v) is 11.7. The van der Waals surface area contributed by atoms with Gasteiger partial charge in [-0.2, -0.15) is 0 Å². The predicted octanol–water partition coefficient (Wildman–Crippen LogP) is 2.25. The Kier molecular flexibility index (Phi) is 7.28. The largest absolute Gasteiger partial charge is 0.462 e. The van der Waals surface area contributed by atoms with Crippen LogP contribution in [-0.2, 0) is 18.4 Å². The van der Waals surface area contributed by atoms with Crippen molar-refractivity contribution in [2.24, 2.45) is 0 Å². The third-order valence-electron chi connectivity index (χ3n) is 2.04. The molecule has 0 aromatic carbocycles. The van der Waals surface area contributed by atoms with Crippen molar-refractivity contribution in [2.45, 2.75) is 33.4 Å². The van der Waals surface area contributed by atoms with Gasteiger partial charge in [0, 0.05) is 24.8 Å². The summed E-state index contributed by atoms with van der Waals surface area (Å²) < 4.78 is 16.3. The van der Waals surface area contributed by atoms with Crippen LogP contribution in [0.4, 0.5) is 0 Å². The molecular formula is C11H22O4Si. The second-order valence-electron chi connectivity index (χ2n) is 3.67. The van der Waals surface area contributed by atoms with E-state index in [4.69, 9.17) is 13.6 Å². The van der Waals surface area contributed by atoms with Gasteiger partial charge in [-0.15, -0.1) is 0 Å². The van der Waals surface area contributed by atoms with E-state index in [1.165, 1.54) is 0 Å². The molecule has 0 unspecified atom stereocenters. The predicted molar refractivity (Wildman–Crippen MR) is 65.5 cm³/mol. The van der Waals surface area contributed by atoms with Gasteiger partial charge in [-0.05, 0) is 27.3 Å². The maximum Gasteiger partial charge on any atom is 0.338 e. The molecule has 0 atom stereocenters. The summed E-state index contributed by atoms with van der Waals surface area (Å²) >= 11 is 0. The van der Waals surface area contributed by atoms with Gasteiger partial charge in [-0.25, -0.2) is 4.79 Å². The van der Waals surface area contributed by atoms with Crippen LogP contribution in [0.25, 0.3) is 0 Å². The van der Waals surface area contributed by atoms with Gasteiger partial charge in [0.05, 0.1) is 6.61 Å². The van der Waals surface area contributed by atoms with E-state index in [0.29, 0.717) is 31.4 Å². The second kappa shape index (κ2) is 7.59. The molecule has 0 rings (SSSR count). The highest BCUT2D eigenvalue weighted by molar-refractivity contribution is 6.66. The van der Waals surface area contributed by atoms with E-state index in [-0.39, 0.29) is 5.97 Å². The highest BCUT2D eigenvalue weighted by Gasteiger charge is 2.30. The van der Waals surface area contributed by atoms with Gasteiger partial charge in [-0.1, -0.05) is 6.58 Å². The molecule has 0 aromatic heterocycles. The van der Waals surface area contributed by atoms with Gasteiger partial charge in [0.1, 0.15) is 0 Å². The lowest BCUT2D eigenvalue weighted by Gasteiger charge is -2.25. The quantitative estimate of drug-likeness (QED) is 0.374. The monoisotopic (exact) mass is 246 g/mol. The fourth-order valence-corrected chi connectivity index (χ4v) is 3.32. The van der Waals surface area contributed by atoms with Crippen LogP contribution in [0, 0.1) is 0 Å². The summed E-state index contributed by atoms with van der Waals surface area (Å²) in [4.78, 5) is 11.2. The SMILES string of the molecule is C=C(C)C(=O)OCC[Si](C)(OCC)OCC. The molecule has 0 bridgehead atoms. The number of rotatable bonds is 8. The van der Waals surface area contributed by atoms with Crippen LogP contribution in [0.3, 0.4) is 0 Å². The Labute approximate surface area is 98.8 Å². The zero-order valence-electron chi connectivity index (χ0n) is 10.7. The fourth-order valence-electron chi connectivity index (χ4n) is 1.25. The van der Waals surface area contributed by atoms with Crippen molar-refractivity contribution in [3.8, 4) is 0 Å². The second-order valence-corrected chi connectivity index (χ2v) is 7.01. The lowest BCUT2D eigenvalue weighted by Crippen LogP contribution is -2.40. The molecule has 0 saturated carbocycles. The maximum absolute atomic E-state index is 11.2. The van der Waals surface area contributed by atoms with Crippen molar-refractivity contribution < 1.29 is 18.4 Å². The summed E-state index contributed by atoms with van der Waals surface area (Å²) in [5.74, 6) is -0.357. The van der Waals surface area contributed by atoms with Crippen molar-refractivity contribution in [1.29, 1.82) is 0 Å². The van der Waals surface area contributed by atoms with Crippen LogP contribution < -0.4 is 0 Å². The Balaban J connectivity index is 4.02. The first kappa shape index (κ1) is 15.3. The normalized spacial score (nSPS) is 11.2. The molecule has 0 heterocycles. The van der Waals surface area contributed by atoms with Crippen molar-refractivity contribution in [3.63, 3.8) is 0 Å². The highest BCUT2D eigenvalue weighted by atomic mass is 28.4. The topological polar surface area (TPSA) is 44.8 Å². The molecule has 94 valence electrons. The summed E-state index contributed by atoms with van der Waals surface area (Å²) in [6.07, 6.45) is 0. The number of carbonyl (C=O) groups is 1. The van der Waals surface area contributed by atoms with Crippen LogP contribution in [0.5, 0.6) is 0 Å². The van der Waals surface area contributed by atoms with Crippen molar-refractivity contribution in [2.75, 3.05) is 19.8 Å². The Morgan fingerprint density at radius 1 is 1.25 bits per heavy atom. The number of esters is 1. The summed E-state index contributed by atoms with van der Waals surface area (Å²) in [6, 6.07) is 0.647. The van der Waals surface area contributed by atoms with E-state index in [0.717, 1.165) is 0 Å². The molecule has 0 aliphatic heterocycles. The fraction of sp³-hybridized carbons (Fsp3) is 0.727. The molecule has 0 amide bonds. The molecule has 0 aromatic rings. The minimum absolute atomic E-state index is 0.328. The average molecular weight is 246 g/mol. The van der Waals surface area contributed by atoms with Crippen molar-refractivity contribution in [1.82, 2.24) is 0 Å². The molecule has 0 spiro atoms. The summed E-state index contributed by atoms with van der Waals surface area (Å²) in [7, 11) is -2.16. The molecule has 0 saturated heterocycles. The smallest absolute Gasteiger partial charge is 0.338 e. The first-order valence-electron chi connectivity index (χ1n) is 5.55. The molecule has 0 N–H and O–H groups in total. The number of ether oxygens (including phenoxy) is 1. The summed E-state index contributed by atoms with van der Waals surface area (Å²) in [5.41, 5.74) is 0.413. The van der Waals surface area contributed by atoms with Gasteiger partial charge in [0.2, 0.25) is 0 Å². The molecule has 0 radical (unpaired) electrons. The molecule has 0 aliphatic carbocycles. The average Bonchev–Trinajstić information content (AvgIpc) is 2.17. The summed E-state index contributed by atoms with van der Waals surface area (Å²) in [6.45, 7) is 12.6. The number of hydrogen-bond donors (Lipinski definition) is 0. The van der Waals surface area contributed by atoms with E-state index in [9.17, 15) is 4.79 Å². The van der Waals surface area contributed by atoms with Crippen LogP contribution in [-0.4, -0.2) is 34.4 Å². The molecular weight excluding hydrogens is 224 g/mol. The Bertz CT molecular complexity index is 234. The Hall–Kier alpha value is -0.653. The van der Waals surface area contributed by atoms with Gasteiger partial charge in [0.25, 0.3) is 0 Å². The molecule has 16 heavy (non-hydrogen) atoms. The van der Waals surface area contributed by atoms with Crippen molar-refractivity contribution >= 4 is 14.5 Å². The molecule has 5 heteroatoms. The lowest BCUT2D eigenvalue weighted by molar-refractivity contribution is -0.138. The van der Waals surface area contributed by atoms with E-state index >= 15 is 0 Å². The number of hydrogen-bond acceptors (Lipinski definition) is 4. The zero-order chi connectivity index (χ0) is 12.6. The van der Waals surface area contributed by atoms with E-state index in [1.54, 1.807) is 6.92 Å². The summed E-state index contributed by atoms with van der Waals surface area (Å²) in [5, 5.41) is 0. The Morgan fingerprint density at radius 3 is 2.12 bits per heavy atom. The van der Waals surface area contributed by atoms with Gasteiger partial charge in [0.15, 0.2) is 0 Å². The van der Waals surface area contributed by atoms with Crippen molar-refractivity contribution in [3.05, 3.63) is 12.2 Å². The first-order chi connectivity index (χ1) is 7.45. The van der Waals surface area contributed by atoms with Gasteiger partial charge < -0.3 is 13.6 Å². The van der Waals surface area contributed by atoms with Crippen LogP contribution >= 0.6 is 0 Å². The third kappa shape index (κ3) is 6.04. The van der Waals surface area contributed by atoms with Crippen LogP contribution in [0.15, 0.2) is 12.2 Å². The molecule has 4 nitrogen and oxygen atoms in total. The van der Waals surface area contributed by atoms with Crippen LogP contribution in [0.1, 0.15) is 20.8 Å². The van der Waals surface area contributed by atoms with E-state index < -0.39 is 8.56 Å². The third-order valence-corrected chi connectivity index (χ3v) is 4.95. The van der Waals surface area contributed by atoms with E-state index in [1.807, 2.05) is 20.4 Å². The first-order valence-corrected chi connectivity index (χ1v) is 8.08. The van der Waals surface area contributed by atoms with Gasteiger partial charge >= 0.3 is 14.5 Å². The van der Waals surface area contributed by atoms with Gasteiger partial charge in [-0.3, -0.25) is 0 Å². The maximum atomic E-state index is 11.2. The lowest BCUT2D eigenvalue weighted by atomic mass is 10.4. The highest BCUT2D eigenvalue weighted by Crippen LogP contribution is 2.13. The minimum atomic E-state index is -2.16. The number of carbonyl (C=O) groups excluding carboxylic acids is 1. The van der Waals surface area contributed by atoms with Crippen LogP contribution in [0.2, 0.25) is 12.6 Å². The molecule has 0 aliphatic rings. The van der Waals surface area contributed by atoms with E-state index in [2.05, 4.69) is 6.58 Å². The standard InChI is InChI=1S/C11H22O4Si/c1-6-14-16(5,15-7-2)9-8-13-11(12)10(3)4/h3,6-9H2,1-2,4-5H3. The molecule has 0 fully saturated rings.